The van der Waals surface area contributed by atoms with Crippen LogP contribution in [0.2, 0.25) is 0 Å². The number of aliphatic hydroxyl groups is 1. The van der Waals surface area contributed by atoms with E-state index < -0.39 is 6.10 Å². The Morgan fingerprint density at radius 1 is 1.00 bits per heavy atom. The summed E-state index contributed by atoms with van der Waals surface area (Å²) in [7, 11) is 0. The molecule has 0 radical (unpaired) electrons. The lowest BCUT2D eigenvalue weighted by atomic mass is 10.0. The Labute approximate surface area is 121 Å². The van der Waals surface area contributed by atoms with Crippen molar-refractivity contribution in [2.24, 2.45) is 0 Å². The van der Waals surface area contributed by atoms with Gasteiger partial charge in [0.05, 0.1) is 6.10 Å². The van der Waals surface area contributed by atoms with Crippen LogP contribution in [0.5, 0.6) is 5.75 Å². The van der Waals surface area contributed by atoms with Gasteiger partial charge in [0.2, 0.25) is 0 Å². The number of hydrogen-bond donors (Lipinski definition) is 1. The zero-order valence-corrected chi connectivity index (χ0v) is 12.6. The van der Waals surface area contributed by atoms with Gasteiger partial charge in [0, 0.05) is 0 Å². The molecule has 2 heteroatoms. The molecular formula is C18H22O2. The number of benzene rings is 2. The van der Waals surface area contributed by atoms with Crippen molar-refractivity contribution in [1.29, 1.82) is 0 Å². The van der Waals surface area contributed by atoms with Crippen molar-refractivity contribution >= 4 is 0 Å². The molecule has 0 unspecified atom stereocenters. The van der Waals surface area contributed by atoms with Gasteiger partial charge in [-0.2, -0.15) is 0 Å². The third-order valence-corrected chi connectivity index (χ3v) is 3.70. The van der Waals surface area contributed by atoms with Crippen molar-refractivity contribution in [1.82, 2.24) is 0 Å². The Bertz CT molecular complexity index is 580. The summed E-state index contributed by atoms with van der Waals surface area (Å²) in [6.07, 6.45) is -0.443. The molecule has 2 rings (SSSR count). The fraction of sp³-hybridized carbons (Fsp3) is 0.333. The molecule has 106 valence electrons. The molecule has 0 saturated carbocycles. The van der Waals surface area contributed by atoms with Gasteiger partial charge in [-0.3, -0.25) is 0 Å². The van der Waals surface area contributed by atoms with Crippen LogP contribution >= 0.6 is 0 Å². The third kappa shape index (κ3) is 3.20. The first-order valence-corrected chi connectivity index (χ1v) is 6.95. The molecule has 2 aromatic carbocycles. The molecule has 0 aromatic heterocycles. The molecule has 1 N–H and O–H groups in total. The monoisotopic (exact) mass is 270 g/mol. The predicted molar refractivity (Wildman–Crippen MR) is 82.1 cm³/mol. The second-order valence-electron chi connectivity index (χ2n) is 5.36. The highest BCUT2D eigenvalue weighted by molar-refractivity contribution is 5.38. The summed E-state index contributed by atoms with van der Waals surface area (Å²) >= 11 is 0. The molecule has 2 nitrogen and oxygen atoms in total. The molecule has 0 spiro atoms. The average molecular weight is 270 g/mol. The van der Waals surface area contributed by atoms with Gasteiger partial charge in [0.15, 0.2) is 0 Å². The molecule has 0 amide bonds. The maximum atomic E-state index is 9.58. The van der Waals surface area contributed by atoms with Crippen LogP contribution in [0.3, 0.4) is 0 Å². The van der Waals surface area contributed by atoms with Crippen molar-refractivity contribution in [3.05, 3.63) is 64.2 Å². The van der Waals surface area contributed by atoms with E-state index >= 15 is 0 Å². The SMILES string of the molecule is Cc1cc([C@H](C)O)ccc1OCc1c(C)cccc1C. The first kappa shape index (κ1) is 14.6. The van der Waals surface area contributed by atoms with Crippen LogP contribution in [-0.4, -0.2) is 5.11 Å². The summed E-state index contributed by atoms with van der Waals surface area (Å²) in [5.41, 5.74) is 5.72. The Hall–Kier alpha value is -1.80. The minimum absolute atomic E-state index is 0.443. The lowest BCUT2D eigenvalue weighted by Gasteiger charge is -2.14. The summed E-state index contributed by atoms with van der Waals surface area (Å²) in [6.45, 7) is 8.56. The molecule has 0 heterocycles. The van der Waals surface area contributed by atoms with E-state index in [1.165, 1.54) is 16.7 Å². The van der Waals surface area contributed by atoms with Crippen molar-refractivity contribution in [3.8, 4) is 5.75 Å². The number of hydrogen-bond acceptors (Lipinski definition) is 2. The van der Waals surface area contributed by atoms with E-state index in [2.05, 4.69) is 32.0 Å². The number of aliphatic hydroxyl groups excluding tert-OH is 1. The number of aryl methyl sites for hydroxylation is 3. The lowest BCUT2D eigenvalue weighted by Crippen LogP contribution is -2.02. The quantitative estimate of drug-likeness (QED) is 0.900. The minimum atomic E-state index is -0.443. The highest BCUT2D eigenvalue weighted by Gasteiger charge is 2.07. The second kappa shape index (κ2) is 6.10. The highest BCUT2D eigenvalue weighted by atomic mass is 16.5. The van der Waals surface area contributed by atoms with E-state index in [9.17, 15) is 5.11 Å². The summed E-state index contributed by atoms with van der Waals surface area (Å²) in [5.74, 6) is 0.872. The predicted octanol–water partition coefficient (Wildman–Crippen LogP) is 4.24. The van der Waals surface area contributed by atoms with Crippen LogP contribution in [0.1, 0.15) is 40.8 Å². The fourth-order valence-corrected chi connectivity index (χ4v) is 2.32. The van der Waals surface area contributed by atoms with Crippen molar-refractivity contribution in [3.63, 3.8) is 0 Å². The van der Waals surface area contributed by atoms with E-state index in [-0.39, 0.29) is 0 Å². The largest absolute Gasteiger partial charge is 0.489 e. The van der Waals surface area contributed by atoms with Gasteiger partial charge in [-0.15, -0.1) is 0 Å². The number of ether oxygens (including phenoxy) is 1. The Morgan fingerprint density at radius 3 is 2.20 bits per heavy atom. The van der Waals surface area contributed by atoms with E-state index in [1.807, 2.05) is 25.1 Å². The van der Waals surface area contributed by atoms with Crippen LogP contribution in [0.15, 0.2) is 36.4 Å². The highest BCUT2D eigenvalue weighted by Crippen LogP contribution is 2.24. The second-order valence-corrected chi connectivity index (χ2v) is 5.36. The van der Waals surface area contributed by atoms with E-state index in [1.54, 1.807) is 6.92 Å². The standard InChI is InChI=1S/C18H22O2/c1-12-6-5-7-13(2)17(12)11-20-18-9-8-16(15(4)19)10-14(18)3/h5-10,15,19H,11H2,1-4H3/t15-/m0/s1. The first-order valence-electron chi connectivity index (χ1n) is 6.95. The van der Waals surface area contributed by atoms with Gasteiger partial charge in [-0.1, -0.05) is 24.3 Å². The first-order chi connectivity index (χ1) is 9.49. The van der Waals surface area contributed by atoms with Crippen LogP contribution in [0.25, 0.3) is 0 Å². The fourth-order valence-electron chi connectivity index (χ4n) is 2.32. The minimum Gasteiger partial charge on any atom is -0.489 e. The van der Waals surface area contributed by atoms with Crippen LogP contribution in [-0.2, 0) is 6.61 Å². The molecule has 0 bridgehead atoms. The van der Waals surface area contributed by atoms with E-state index in [0.29, 0.717) is 6.61 Å². The zero-order chi connectivity index (χ0) is 14.7. The van der Waals surface area contributed by atoms with Crippen LogP contribution < -0.4 is 4.74 Å². The molecule has 0 fully saturated rings. The Balaban J connectivity index is 2.15. The van der Waals surface area contributed by atoms with Gasteiger partial charge in [0.25, 0.3) is 0 Å². The van der Waals surface area contributed by atoms with Gasteiger partial charge in [-0.25, -0.2) is 0 Å². The molecule has 0 saturated heterocycles. The van der Waals surface area contributed by atoms with E-state index in [4.69, 9.17) is 4.74 Å². The Morgan fingerprint density at radius 2 is 1.65 bits per heavy atom. The molecule has 0 aliphatic carbocycles. The Kier molecular flexibility index (Phi) is 4.46. The smallest absolute Gasteiger partial charge is 0.122 e. The van der Waals surface area contributed by atoms with Crippen molar-refractivity contribution in [2.75, 3.05) is 0 Å². The summed E-state index contributed by atoms with van der Waals surface area (Å²) < 4.78 is 5.94. The summed E-state index contributed by atoms with van der Waals surface area (Å²) in [5, 5.41) is 9.58. The van der Waals surface area contributed by atoms with Crippen LogP contribution in [0.4, 0.5) is 0 Å². The molecule has 0 aliphatic rings. The molecule has 0 aliphatic heterocycles. The third-order valence-electron chi connectivity index (χ3n) is 3.70. The van der Waals surface area contributed by atoms with Crippen molar-refractivity contribution < 1.29 is 9.84 Å². The van der Waals surface area contributed by atoms with Gasteiger partial charge >= 0.3 is 0 Å². The molecule has 1 atom stereocenters. The summed E-state index contributed by atoms with van der Waals surface area (Å²) in [6, 6.07) is 12.1. The van der Waals surface area contributed by atoms with Gasteiger partial charge in [-0.05, 0) is 67.6 Å². The summed E-state index contributed by atoms with van der Waals surface area (Å²) in [4.78, 5) is 0. The van der Waals surface area contributed by atoms with Crippen molar-refractivity contribution in [2.45, 2.75) is 40.4 Å². The van der Waals surface area contributed by atoms with Gasteiger partial charge in [0.1, 0.15) is 12.4 Å². The normalized spacial score (nSPS) is 12.2. The van der Waals surface area contributed by atoms with Gasteiger partial charge < -0.3 is 9.84 Å². The van der Waals surface area contributed by atoms with Crippen LogP contribution in [0, 0.1) is 20.8 Å². The number of rotatable bonds is 4. The van der Waals surface area contributed by atoms with E-state index in [0.717, 1.165) is 16.9 Å². The average Bonchev–Trinajstić information content (AvgIpc) is 2.39. The lowest BCUT2D eigenvalue weighted by molar-refractivity contribution is 0.199. The topological polar surface area (TPSA) is 29.5 Å². The molecule has 20 heavy (non-hydrogen) atoms. The molecule has 2 aromatic rings. The maximum absolute atomic E-state index is 9.58. The maximum Gasteiger partial charge on any atom is 0.122 e. The zero-order valence-electron chi connectivity index (χ0n) is 12.6. The molecular weight excluding hydrogens is 248 g/mol.